The third-order valence-electron chi connectivity index (χ3n) is 5.94. The first-order chi connectivity index (χ1) is 13.1. The van der Waals surface area contributed by atoms with E-state index in [4.69, 9.17) is 21.1 Å². The number of fused-ring (bicyclic) bond motifs is 4. The lowest BCUT2D eigenvalue weighted by Gasteiger charge is -2.47. The standard InChI is InChI=1S/C19H25ClN4O3/c1-3-27-18(25)15-11-4-6-12(7-5-11)16(15)21-17-14-9-8-13(10-26-2)24(14)23-19(20)22-17/h8-9,11-12,15-16H,3-7,10H2,1-2H3,(H,21,22,23). The van der Waals surface area contributed by atoms with Crippen LogP contribution in [0.2, 0.25) is 5.28 Å². The first kappa shape index (κ1) is 18.5. The molecule has 2 heterocycles. The second-order valence-electron chi connectivity index (χ2n) is 7.41. The molecule has 2 unspecified atom stereocenters. The SMILES string of the molecule is CCOC(=O)C1C2CCC(CC2)C1Nc1nc(Cl)nn2c(COC)ccc12. The largest absolute Gasteiger partial charge is 0.466 e. The molecule has 2 aromatic rings. The number of methoxy groups -OCH3 is 1. The highest BCUT2D eigenvalue weighted by Gasteiger charge is 2.48. The van der Waals surface area contributed by atoms with Crippen molar-refractivity contribution in [3.8, 4) is 0 Å². The summed E-state index contributed by atoms with van der Waals surface area (Å²) in [7, 11) is 1.64. The van der Waals surface area contributed by atoms with Crippen molar-refractivity contribution in [1.29, 1.82) is 0 Å². The number of anilines is 1. The van der Waals surface area contributed by atoms with E-state index in [2.05, 4.69) is 15.4 Å². The van der Waals surface area contributed by atoms with E-state index in [0.717, 1.165) is 36.9 Å². The van der Waals surface area contributed by atoms with Crippen LogP contribution in [-0.2, 0) is 20.9 Å². The fourth-order valence-electron chi connectivity index (χ4n) is 4.78. The quantitative estimate of drug-likeness (QED) is 0.760. The predicted octanol–water partition coefficient (Wildman–Crippen LogP) is 3.31. The van der Waals surface area contributed by atoms with Crippen molar-refractivity contribution in [3.05, 3.63) is 23.1 Å². The van der Waals surface area contributed by atoms with Crippen LogP contribution in [0.15, 0.2) is 12.1 Å². The molecule has 7 nitrogen and oxygen atoms in total. The van der Waals surface area contributed by atoms with Crippen LogP contribution in [0.4, 0.5) is 5.82 Å². The van der Waals surface area contributed by atoms with Crippen LogP contribution in [0.3, 0.4) is 0 Å². The number of nitrogens with zero attached hydrogens (tertiary/aromatic N) is 3. The van der Waals surface area contributed by atoms with Crippen LogP contribution >= 0.6 is 11.6 Å². The fraction of sp³-hybridized carbons (Fsp3) is 0.632. The maximum Gasteiger partial charge on any atom is 0.311 e. The molecule has 0 saturated heterocycles. The third-order valence-corrected chi connectivity index (χ3v) is 6.10. The average molecular weight is 393 g/mol. The summed E-state index contributed by atoms with van der Waals surface area (Å²) in [4.78, 5) is 17.1. The molecule has 3 saturated carbocycles. The number of hydrogen-bond donors (Lipinski definition) is 1. The highest BCUT2D eigenvalue weighted by Crippen LogP contribution is 2.47. The lowest BCUT2D eigenvalue weighted by Crippen LogP contribution is -2.52. The Bertz CT molecular complexity index is 832. The summed E-state index contributed by atoms with van der Waals surface area (Å²) >= 11 is 6.18. The summed E-state index contributed by atoms with van der Waals surface area (Å²) in [6.07, 6.45) is 4.44. The molecule has 5 rings (SSSR count). The summed E-state index contributed by atoms with van der Waals surface area (Å²) in [6, 6.07) is 3.91. The van der Waals surface area contributed by atoms with Gasteiger partial charge in [0, 0.05) is 13.2 Å². The van der Waals surface area contributed by atoms with Gasteiger partial charge in [-0.25, -0.2) is 4.52 Å². The van der Waals surface area contributed by atoms with Crippen molar-refractivity contribution in [2.45, 2.75) is 45.3 Å². The molecule has 2 bridgehead atoms. The maximum absolute atomic E-state index is 12.7. The molecule has 3 aliphatic rings. The van der Waals surface area contributed by atoms with E-state index < -0.39 is 0 Å². The third kappa shape index (κ3) is 3.38. The van der Waals surface area contributed by atoms with Crippen LogP contribution in [-0.4, -0.2) is 40.3 Å². The molecule has 0 aromatic carbocycles. The number of hydrogen-bond acceptors (Lipinski definition) is 6. The average Bonchev–Trinajstić information content (AvgIpc) is 3.06. The van der Waals surface area contributed by atoms with Gasteiger partial charge in [0.15, 0.2) is 5.82 Å². The van der Waals surface area contributed by atoms with E-state index in [1.807, 2.05) is 19.1 Å². The zero-order valence-electron chi connectivity index (χ0n) is 15.7. The number of rotatable bonds is 6. The van der Waals surface area contributed by atoms with E-state index in [0.29, 0.717) is 30.9 Å². The molecule has 2 aromatic heterocycles. The first-order valence-corrected chi connectivity index (χ1v) is 9.96. The van der Waals surface area contributed by atoms with Crippen molar-refractivity contribution in [2.75, 3.05) is 19.0 Å². The summed E-state index contributed by atoms with van der Waals surface area (Å²) in [5, 5.41) is 8.00. The van der Waals surface area contributed by atoms with Gasteiger partial charge in [0.05, 0.1) is 24.8 Å². The fourth-order valence-corrected chi connectivity index (χ4v) is 4.94. The highest BCUT2D eigenvalue weighted by atomic mass is 35.5. The summed E-state index contributed by atoms with van der Waals surface area (Å²) in [6.45, 7) is 2.69. The van der Waals surface area contributed by atoms with Crippen LogP contribution in [0.25, 0.3) is 5.52 Å². The van der Waals surface area contributed by atoms with Gasteiger partial charge in [-0.2, -0.15) is 4.98 Å². The number of halogens is 1. The van der Waals surface area contributed by atoms with Gasteiger partial charge in [0.25, 0.3) is 0 Å². The number of aromatic nitrogens is 3. The van der Waals surface area contributed by atoms with Crippen LogP contribution in [0.5, 0.6) is 0 Å². The van der Waals surface area contributed by atoms with Crippen molar-refractivity contribution in [2.24, 2.45) is 17.8 Å². The van der Waals surface area contributed by atoms with Gasteiger partial charge >= 0.3 is 5.97 Å². The van der Waals surface area contributed by atoms with Crippen molar-refractivity contribution in [3.63, 3.8) is 0 Å². The molecule has 8 heteroatoms. The number of ether oxygens (including phenoxy) is 2. The highest BCUT2D eigenvalue weighted by molar-refractivity contribution is 6.28. The Balaban J connectivity index is 1.68. The monoisotopic (exact) mass is 392 g/mol. The molecular formula is C19H25ClN4O3. The lowest BCUT2D eigenvalue weighted by atomic mass is 9.61. The van der Waals surface area contributed by atoms with Gasteiger partial charge in [0.2, 0.25) is 5.28 Å². The molecule has 0 amide bonds. The Morgan fingerprint density at radius 3 is 2.74 bits per heavy atom. The van der Waals surface area contributed by atoms with Gasteiger partial charge in [-0.3, -0.25) is 4.79 Å². The zero-order chi connectivity index (χ0) is 19.0. The van der Waals surface area contributed by atoms with Gasteiger partial charge < -0.3 is 14.8 Å². The maximum atomic E-state index is 12.7. The Labute approximate surface area is 163 Å². The molecule has 3 fully saturated rings. The Morgan fingerprint density at radius 2 is 2.04 bits per heavy atom. The smallest absolute Gasteiger partial charge is 0.311 e. The second-order valence-corrected chi connectivity index (χ2v) is 7.75. The molecule has 3 aliphatic carbocycles. The molecule has 27 heavy (non-hydrogen) atoms. The molecule has 2 atom stereocenters. The Morgan fingerprint density at radius 1 is 1.30 bits per heavy atom. The number of nitrogens with one attached hydrogen (secondary N) is 1. The number of esters is 1. The van der Waals surface area contributed by atoms with Gasteiger partial charge in [-0.1, -0.05) is 0 Å². The van der Waals surface area contributed by atoms with E-state index >= 15 is 0 Å². The summed E-state index contributed by atoms with van der Waals surface area (Å²) in [5.74, 6) is 1.22. The molecule has 0 aliphatic heterocycles. The molecule has 146 valence electrons. The van der Waals surface area contributed by atoms with E-state index in [9.17, 15) is 4.79 Å². The van der Waals surface area contributed by atoms with E-state index in [-0.39, 0.29) is 23.2 Å². The summed E-state index contributed by atoms with van der Waals surface area (Å²) in [5.41, 5.74) is 1.72. The zero-order valence-corrected chi connectivity index (χ0v) is 16.4. The Kier molecular flexibility index (Phi) is 5.23. The minimum Gasteiger partial charge on any atom is -0.466 e. The molecule has 1 N–H and O–H groups in total. The van der Waals surface area contributed by atoms with Gasteiger partial charge in [-0.15, -0.1) is 5.10 Å². The lowest BCUT2D eigenvalue weighted by molar-refractivity contribution is -0.154. The topological polar surface area (TPSA) is 77.8 Å². The number of carbonyl (C=O) groups is 1. The number of carbonyl (C=O) groups excluding carboxylic acids is 1. The van der Waals surface area contributed by atoms with Crippen LogP contribution in [0, 0.1) is 17.8 Å². The normalized spacial score (nSPS) is 27.1. The van der Waals surface area contributed by atoms with E-state index in [1.54, 1.807) is 11.6 Å². The second kappa shape index (κ2) is 7.64. The predicted molar refractivity (Wildman–Crippen MR) is 102 cm³/mol. The van der Waals surface area contributed by atoms with Gasteiger partial charge in [-0.05, 0) is 68.2 Å². The van der Waals surface area contributed by atoms with E-state index in [1.165, 1.54) is 0 Å². The minimum atomic E-state index is -0.139. The van der Waals surface area contributed by atoms with Crippen molar-refractivity contribution >= 4 is 28.9 Å². The minimum absolute atomic E-state index is 0.00657. The molecular weight excluding hydrogens is 368 g/mol. The van der Waals surface area contributed by atoms with Gasteiger partial charge in [0.1, 0.15) is 5.52 Å². The van der Waals surface area contributed by atoms with Crippen LogP contribution in [0.1, 0.15) is 38.3 Å². The Hall–Kier alpha value is -1.86. The van der Waals surface area contributed by atoms with Crippen molar-refractivity contribution in [1.82, 2.24) is 14.6 Å². The molecule has 0 radical (unpaired) electrons. The summed E-state index contributed by atoms with van der Waals surface area (Å²) < 4.78 is 12.4. The molecule has 0 spiro atoms. The van der Waals surface area contributed by atoms with Crippen LogP contribution < -0.4 is 5.32 Å². The first-order valence-electron chi connectivity index (χ1n) is 9.58. The van der Waals surface area contributed by atoms with Crippen molar-refractivity contribution < 1.29 is 14.3 Å².